The minimum atomic E-state index is -0.00894. The van der Waals surface area contributed by atoms with E-state index >= 15 is 0 Å². The largest absolute Gasteiger partial charge is 0.399 e. The van der Waals surface area contributed by atoms with E-state index in [-0.39, 0.29) is 11.9 Å². The van der Waals surface area contributed by atoms with Crippen LogP contribution in [0.2, 0.25) is 0 Å². The molecule has 0 spiro atoms. The second-order valence-corrected chi connectivity index (χ2v) is 5.31. The number of nitrogens with zero attached hydrogens (tertiary/aromatic N) is 1. The van der Waals surface area contributed by atoms with Crippen molar-refractivity contribution in [3.05, 3.63) is 29.3 Å². The molecule has 0 aliphatic carbocycles. The Kier molecular flexibility index (Phi) is 4.43. The Labute approximate surface area is 115 Å². The summed E-state index contributed by atoms with van der Waals surface area (Å²) in [6.45, 7) is 7.35. The summed E-state index contributed by atoms with van der Waals surface area (Å²) in [5.74, 6) is -0.00894. The Morgan fingerprint density at radius 1 is 1.37 bits per heavy atom. The highest BCUT2D eigenvalue weighted by Crippen LogP contribution is 2.14. The molecule has 1 aromatic rings. The summed E-state index contributed by atoms with van der Waals surface area (Å²) in [6, 6.07) is 5.78. The smallest absolute Gasteiger partial charge is 0.251 e. The number of nitrogens with one attached hydrogen (secondary N) is 1. The van der Waals surface area contributed by atoms with Gasteiger partial charge < -0.3 is 16.0 Å². The topological polar surface area (TPSA) is 58.4 Å². The zero-order valence-corrected chi connectivity index (χ0v) is 11.8. The second-order valence-electron chi connectivity index (χ2n) is 5.31. The number of piperidine rings is 1. The number of hydrogen-bond acceptors (Lipinski definition) is 3. The number of anilines is 1. The third-order valence-corrected chi connectivity index (χ3v) is 3.73. The molecule has 0 atom stereocenters. The van der Waals surface area contributed by atoms with Crippen molar-refractivity contribution in [2.45, 2.75) is 32.7 Å². The van der Waals surface area contributed by atoms with Crippen LogP contribution in [0.15, 0.2) is 18.2 Å². The first kappa shape index (κ1) is 13.9. The molecule has 1 aromatic carbocycles. The summed E-state index contributed by atoms with van der Waals surface area (Å²) >= 11 is 0. The van der Waals surface area contributed by atoms with Gasteiger partial charge in [-0.2, -0.15) is 0 Å². The number of nitrogen functional groups attached to an aromatic ring is 1. The fourth-order valence-electron chi connectivity index (χ4n) is 2.61. The third-order valence-electron chi connectivity index (χ3n) is 3.73. The number of amides is 1. The molecule has 104 valence electrons. The van der Waals surface area contributed by atoms with Gasteiger partial charge in [-0.25, -0.2) is 0 Å². The van der Waals surface area contributed by atoms with Gasteiger partial charge in [0.25, 0.3) is 5.91 Å². The number of aryl methyl sites for hydroxylation is 1. The number of rotatable bonds is 3. The van der Waals surface area contributed by atoms with E-state index in [1.807, 2.05) is 19.1 Å². The molecule has 1 aliphatic heterocycles. The summed E-state index contributed by atoms with van der Waals surface area (Å²) in [7, 11) is 0. The molecule has 0 saturated carbocycles. The van der Waals surface area contributed by atoms with Crippen LogP contribution >= 0.6 is 0 Å². The van der Waals surface area contributed by atoms with Crippen LogP contribution in [-0.2, 0) is 0 Å². The molecule has 3 N–H and O–H groups in total. The maximum atomic E-state index is 12.2. The van der Waals surface area contributed by atoms with E-state index in [0.717, 1.165) is 38.0 Å². The van der Waals surface area contributed by atoms with Crippen LogP contribution in [0.5, 0.6) is 0 Å². The summed E-state index contributed by atoms with van der Waals surface area (Å²) in [5.41, 5.74) is 8.11. The Hall–Kier alpha value is -1.55. The van der Waals surface area contributed by atoms with Crippen LogP contribution in [0.1, 0.15) is 35.7 Å². The Morgan fingerprint density at radius 3 is 2.63 bits per heavy atom. The Bertz CT molecular complexity index is 430. The van der Waals surface area contributed by atoms with Gasteiger partial charge in [-0.3, -0.25) is 4.79 Å². The minimum Gasteiger partial charge on any atom is -0.399 e. The SMILES string of the molecule is CCN1CCC(NC(=O)c2cc(C)cc(N)c2)CC1. The number of likely N-dealkylation sites (tertiary alicyclic amines) is 1. The molecule has 0 unspecified atom stereocenters. The average molecular weight is 261 g/mol. The van der Waals surface area contributed by atoms with E-state index in [0.29, 0.717) is 11.3 Å². The number of hydrogen-bond donors (Lipinski definition) is 2. The highest BCUT2D eigenvalue weighted by molar-refractivity contribution is 5.95. The molecule has 19 heavy (non-hydrogen) atoms. The van der Waals surface area contributed by atoms with Crippen molar-refractivity contribution in [1.29, 1.82) is 0 Å². The summed E-state index contributed by atoms with van der Waals surface area (Å²) in [4.78, 5) is 14.6. The third kappa shape index (κ3) is 3.70. The van der Waals surface area contributed by atoms with E-state index in [4.69, 9.17) is 5.73 Å². The lowest BCUT2D eigenvalue weighted by atomic mass is 10.0. The zero-order chi connectivity index (χ0) is 13.8. The van der Waals surface area contributed by atoms with Gasteiger partial charge in [0.2, 0.25) is 0 Å². The monoisotopic (exact) mass is 261 g/mol. The van der Waals surface area contributed by atoms with Gasteiger partial charge in [-0.1, -0.05) is 6.92 Å². The van der Waals surface area contributed by atoms with Crippen LogP contribution < -0.4 is 11.1 Å². The second kappa shape index (κ2) is 6.06. The van der Waals surface area contributed by atoms with Crippen LogP contribution in [0.25, 0.3) is 0 Å². The first-order valence-electron chi connectivity index (χ1n) is 6.99. The van der Waals surface area contributed by atoms with Crippen molar-refractivity contribution in [3.8, 4) is 0 Å². The van der Waals surface area contributed by atoms with Gasteiger partial charge in [-0.15, -0.1) is 0 Å². The van der Waals surface area contributed by atoms with E-state index in [2.05, 4.69) is 17.1 Å². The fourth-order valence-corrected chi connectivity index (χ4v) is 2.61. The number of nitrogens with two attached hydrogens (primary N) is 1. The zero-order valence-electron chi connectivity index (χ0n) is 11.8. The molecule has 2 rings (SSSR count). The lowest BCUT2D eigenvalue weighted by Crippen LogP contribution is -2.44. The molecule has 4 heteroatoms. The lowest BCUT2D eigenvalue weighted by Gasteiger charge is -2.31. The molecule has 1 aliphatic rings. The van der Waals surface area contributed by atoms with Gasteiger partial charge in [0, 0.05) is 30.4 Å². The van der Waals surface area contributed by atoms with Crippen molar-refractivity contribution < 1.29 is 4.79 Å². The Morgan fingerprint density at radius 2 is 2.05 bits per heavy atom. The molecular weight excluding hydrogens is 238 g/mol. The number of benzene rings is 1. The highest BCUT2D eigenvalue weighted by atomic mass is 16.1. The molecular formula is C15H23N3O. The van der Waals surface area contributed by atoms with Crippen LogP contribution in [0.4, 0.5) is 5.69 Å². The molecule has 0 aromatic heterocycles. The van der Waals surface area contributed by atoms with Crippen molar-refractivity contribution in [3.63, 3.8) is 0 Å². The summed E-state index contributed by atoms with van der Waals surface area (Å²) < 4.78 is 0. The number of carbonyl (C=O) groups excluding carboxylic acids is 1. The molecule has 4 nitrogen and oxygen atoms in total. The minimum absolute atomic E-state index is 0.00894. The molecule has 0 radical (unpaired) electrons. The quantitative estimate of drug-likeness (QED) is 0.816. The predicted octanol–water partition coefficient (Wildman–Crippen LogP) is 1.79. The van der Waals surface area contributed by atoms with E-state index in [9.17, 15) is 4.79 Å². The average Bonchev–Trinajstić information content (AvgIpc) is 2.38. The van der Waals surface area contributed by atoms with Gasteiger partial charge in [0.15, 0.2) is 0 Å². The van der Waals surface area contributed by atoms with E-state index in [1.165, 1.54) is 0 Å². The van der Waals surface area contributed by atoms with Crippen molar-refractivity contribution in [2.24, 2.45) is 0 Å². The van der Waals surface area contributed by atoms with Gasteiger partial charge >= 0.3 is 0 Å². The lowest BCUT2D eigenvalue weighted by molar-refractivity contribution is 0.0912. The van der Waals surface area contributed by atoms with Crippen molar-refractivity contribution >= 4 is 11.6 Å². The standard InChI is InChI=1S/C15H23N3O/c1-3-18-6-4-14(5-7-18)17-15(19)12-8-11(2)9-13(16)10-12/h8-10,14H,3-7,16H2,1-2H3,(H,17,19). The van der Waals surface area contributed by atoms with E-state index in [1.54, 1.807) is 6.07 Å². The Balaban J connectivity index is 1.94. The molecule has 1 heterocycles. The molecule has 0 bridgehead atoms. The maximum Gasteiger partial charge on any atom is 0.251 e. The molecule has 1 amide bonds. The van der Waals surface area contributed by atoms with Gasteiger partial charge in [0.1, 0.15) is 0 Å². The van der Waals surface area contributed by atoms with Crippen molar-refractivity contribution in [2.75, 3.05) is 25.4 Å². The summed E-state index contributed by atoms with van der Waals surface area (Å²) in [6.07, 6.45) is 2.06. The van der Waals surface area contributed by atoms with Crippen molar-refractivity contribution in [1.82, 2.24) is 10.2 Å². The highest BCUT2D eigenvalue weighted by Gasteiger charge is 2.20. The molecule has 1 fully saturated rings. The first-order valence-corrected chi connectivity index (χ1v) is 6.99. The van der Waals surface area contributed by atoms with E-state index < -0.39 is 0 Å². The van der Waals surface area contributed by atoms with Crippen LogP contribution in [0, 0.1) is 6.92 Å². The normalized spacial score (nSPS) is 17.4. The predicted molar refractivity (Wildman–Crippen MR) is 78.2 cm³/mol. The summed E-state index contributed by atoms with van der Waals surface area (Å²) in [5, 5.41) is 3.11. The van der Waals surface area contributed by atoms with Crippen LogP contribution in [-0.4, -0.2) is 36.5 Å². The molecule has 1 saturated heterocycles. The maximum absolute atomic E-state index is 12.2. The first-order chi connectivity index (χ1) is 9.08. The van der Waals surface area contributed by atoms with Gasteiger partial charge in [-0.05, 0) is 50.1 Å². The van der Waals surface area contributed by atoms with Gasteiger partial charge in [0.05, 0.1) is 0 Å². The number of carbonyl (C=O) groups is 1. The van der Waals surface area contributed by atoms with Crippen LogP contribution in [0.3, 0.4) is 0 Å². The fraction of sp³-hybridized carbons (Fsp3) is 0.533.